The Morgan fingerprint density at radius 1 is 1.12 bits per heavy atom. The minimum absolute atomic E-state index is 0.0470. The number of ether oxygens (including phenoxy) is 2. The van der Waals surface area contributed by atoms with Gasteiger partial charge in [0.15, 0.2) is 11.5 Å². The van der Waals surface area contributed by atoms with Crippen LogP contribution in [0.2, 0.25) is 0 Å². The van der Waals surface area contributed by atoms with Gasteiger partial charge in [0.2, 0.25) is 0 Å². The maximum Gasteiger partial charge on any atom is 0.254 e. The van der Waals surface area contributed by atoms with Crippen molar-refractivity contribution in [1.82, 2.24) is 14.9 Å². The van der Waals surface area contributed by atoms with E-state index < -0.39 is 0 Å². The molecular weight excluding hydrogens is 332 g/mol. The number of carbonyl (C=O) groups is 1. The van der Waals surface area contributed by atoms with E-state index in [0.29, 0.717) is 17.1 Å². The molecule has 26 heavy (non-hydrogen) atoms. The number of nitrogens with zero attached hydrogens (tertiary/aromatic N) is 4. The van der Waals surface area contributed by atoms with Crippen LogP contribution in [0, 0.1) is 6.92 Å². The number of amides is 1. The van der Waals surface area contributed by atoms with E-state index in [0.717, 1.165) is 31.2 Å². The molecule has 1 aromatic carbocycles. The molecule has 0 spiro atoms. The normalized spacial score (nSPS) is 21.2. The minimum atomic E-state index is 0.0470. The van der Waals surface area contributed by atoms with Crippen LogP contribution in [0.5, 0.6) is 11.5 Å². The number of fused-ring (bicyclic) bond motifs is 2. The molecule has 0 N–H and O–H groups in total. The number of piperazine rings is 1. The smallest absolute Gasteiger partial charge is 0.254 e. The van der Waals surface area contributed by atoms with Gasteiger partial charge in [-0.2, -0.15) is 0 Å². The molecule has 3 saturated heterocycles. The van der Waals surface area contributed by atoms with Crippen LogP contribution in [0.25, 0.3) is 0 Å². The van der Waals surface area contributed by atoms with Crippen molar-refractivity contribution >= 4 is 11.7 Å². The second kappa shape index (κ2) is 6.48. The number of carbonyl (C=O) groups excluding carboxylic acids is 1. The molecule has 5 rings (SSSR count). The van der Waals surface area contributed by atoms with Crippen LogP contribution in [-0.2, 0) is 0 Å². The third kappa shape index (κ3) is 2.73. The van der Waals surface area contributed by atoms with E-state index in [2.05, 4.69) is 14.9 Å². The van der Waals surface area contributed by atoms with E-state index >= 15 is 0 Å². The lowest BCUT2D eigenvalue weighted by Gasteiger charge is -2.56. The van der Waals surface area contributed by atoms with Crippen molar-refractivity contribution < 1.29 is 14.3 Å². The van der Waals surface area contributed by atoms with Crippen LogP contribution in [0.15, 0.2) is 30.5 Å². The molecule has 3 aliphatic heterocycles. The van der Waals surface area contributed by atoms with Gasteiger partial charge >= 0.3 is 0 Å². The van der Waals surface area contributed by atoms with Gasteiger partial charge in [-0.1, -0.05) is 0 Å². The number of aromatic nitrogens is 2. The molecule has 3 fully saturated rings. The Morgan fingerprint density at radius 2 is 1.85 bits per heavy atom. The number of methoxy groups -OCH3 is 2. The predicted octanol–water partition coefficient (Wildman–Crippen LogP) is 1.91. The van der Waals surface area contributed by atoms with Crippen LogP contribution in [0.3, 0.4) is 0 Å². The summed E-state index contributed by atoms with van der Waals surface area (Å²) < 4.78 is 10.6. The molecule has 3 aliphatic rings. The topological polar surface area (TPSA) is 67.8 Å². The molecule has 136 valence electrons. The molecule has 1 amide bonds. The van der Waals surface area contributed by atoms with E-state index in [1.807, 2.05) is 17.9 Å². The fourth-order valence-electron chi connectivity index (χ4n) is 3.87. The largest absolute Gasteiger partial charge is 0.493 e. The van der Waals surface area contributed by atoms with E-state index in [1.54, 1.807) is 38.6 Å². The summed E-state index contributed by atoms with van der Waals surface area (Å²) >= 11 is 0. The van der Waals surface area contributed by atoms with Gasteiger partial charge in [0.05, 0.1) is 26.3 Å². The first kappa shape index (κ1) is 16.6. The van der Waals surface area contributed by atoms with E-state index in [4.69, 9.17) is 9.47 Å². The van der Waals surface area contributed by atoms with Gasteiger partial charge in [-0.15, -0.1) is 0 Å². The van der Waals surface area contributed by atoms with Crippen LogP contribution >= 0.6 is 0 Å². The molecule has 0 aliphatic carbocycles. The first-order valence-corrected chi connectivity index (χ1v) is 8.70. The average molecular weight is 354 g/mol. The Balaban J connectivity index is 1.50. The third-order valence-corrected chi connectivity index (χ3v) is 5.14. The number of hydrogen-bond acceptors (Lipinski definition) is 6. The standard InChI is InChI=1S/C19H22N4O3/c1-12-20-7-6-18(21-12)22-10-14-9-15(11-22)23(14)19(24)13-4-5-16(25-2)17(8-13)26-3/h4-8,14-15H,9-11H2,1-3H3. The second-order valence-electron chi connectivity index (χ2n) is 6.69. The van der Waals surface area contributed by atoms with Gasteiger partial charge in [-0.3, -0.25) is 4.79 Å². The van der Waals surface area contributed by atoms with Crippen molar-refractivity contribution in [2.45, 2.75) is 25.4 Å². The molecular formula is C19H22N4O3. The zero-order valence-electron chi connectivity index (χ0n) is 15.2. The Kier molecular flexibility index (Phi) is 4.14. The Bertz CT molecular complexity index is 829. The fourth-order valence-corrected chi connectivity index (χ4v) is 3.87. The number of aryl methyl sites for hydroxylation is 1. The van der Waals surface area contributed by atoms with Crippen molar-refractivity contribution in [2.75, 3.05) is 32.2 Å². The molecule has 2 bridgehead atoms. The van der Waals surface area contributed by atoms with Crippen molar-refractivity contribution in [3.05, 3.63) is 41.9 Å². The zero-order chi connectivity index (χ0) is 18.3. The number of rotatable bonds is 4. The van der Waals surface area contributed by atoms with Crippen LogP contribution in [-0.4, -0.2) is 60.2 Å². The summed E-state index contributed by atoms with van der Waals surface area (Å²) in [5.74, 6) is 2.94. The average Bonchev–Trinajstić information content (AvgIpc) is 2.67. The summed E-state index contributed by atoms with van der Waals surface area (Å²) in [6.07, 6.45) is 2.82. The molecule has 2 unspecified atom stereocenters. The highest BCUT2D eigenvalue weighted by molar-refractivity contribution is 5.96. The number of benzene rings is 1. The molecule has 2 aromatic rings. The first-order valence-electron chi connectivity index (χ1n) is 8.70. The van der Waals surface area contributed by atoms with Crippen LogP contribution in [0.4, 0.5) is 5.82 Å². The SMILES string of the molecule is COc1ccc(C(=O)N2C3CC2CN(c2ccnc(C)n2)C3)cc1OC. The van der Waals surface area contributed by atoms with E-state index in [9.17, 15) is 4.79 Å². The molecule has 2 atom stereocenters. The lowest BCUT2D eigenvalue weighted by molar-refractivity contribution is 0.00572. The second-order valence-corrected chi connectivity index (χ2v) is 6.69. The Labute approximate surface area is 152 Å². The van der Waals surface area contributed by atoms with Crippen molar-refractivity contribution in [2.24, 2.45) is 0 Å². The highest BCUT2D eigenvalue weighted by Crippen LogP contribution is 2.36. The van der Waals surface area contributed by atoms with Crippen molar-refractivity contribution in [1.29, 1.82) is 0 Å². The molecule has 1 aromatic heterocycles. The molecule has 0 radical (unpaired) electrons. The van der Waals surface area contributed by atoms with Gasteiger partial charge in [-0.05, 0) is 37.6 Å². The van der Waals surface area contributed by atoms with Crippen molar-refractivity contribution in [3.8, 4) is 11.5 Å². The summed E-state index contributed by atoms with van der Waals surface area (Å²) in [7, 11) is 3.16. The molecule has 7 nitrogen and oxygen atoms in total. The number of hydrogen-bond donors (Lipinski definition) is 0. The predicted molar refractivity (Wildman–Crippen MR) is 96.9 cm³/mol. The quantitative estimate of drug-likeness (QED) is 0.835. The maximum absolute atomic E-state index is 13.0. The van der Waals surface area contributed by atoms with Gasteiger partial charge in [-0.25, -0.2) is 9.97 Å². The minimum Gasteiger partial charge on any atom is -0.493 e. The van der Waals surface area contributed by atoms with Gasteiger partial charge in [0.25, 0.3) is 5.91 Å². The van der Waals surface area contributed by atoms with Gasteiger partial charge in [0.1, 0.15) is 11.6 Å². The summed E-state index contributed by atoms with van der Waals surface area (Å²) in [5.41, 5.74) is 0.628. The number of piperidine rings is 1. The van der Waals surface area contributed by atoms with Crippen LogP contribution in [0.1, 0.15) is 22.6 Å². The summed E-state index contributed by atoms with van der Waals surface area (Å²) in [5, 5.41) is 0. The Hall–Kier alpha value is -2.83. The summed E-state index contributed by atoms with van der Waals surface area (Å²) in [4.78, 5) is 25.9. The summed E-state index contributed by atoms with van der Waals surface area (Å²) in [6.45, 7) is 3.49. The zero-order valence-corrected chi connectivity index (χ0v) is 15.2. The molecule has 7 heteroatoms. The number of anilines is 1. The molecule has 4 heterocycles. The van der Waals surface area contributed by atoms with E-state index in [-0.39, 0.29) is 18.0 Å². The lowest BCUT2D eigenvalue weighted by atomic mass is 9.86. The Morgan fingerprint density at radius 3 is 2.50 bits per heavy atom. The van der Waals surface area contributed by atoms with Crippen LogP contribution < -0.4 is 14.4 Å². The third-order valence-electron chi connectivity index (χ3n) is 5.14. The van der Waals surface area contributed by atoms with E-state index in [1.165, 1.54) is 0 Å². The fraction of sp³-hybridized carbons (Fsp3) is 0.421. The highest BCUT2D eigenvalue weighted by Gasteiger charge is 2.47. The highest BCUT2D eigenvalue weighted by atomic mass is 16.5. The van der Waals surface area contributed by atoms with Crippen molar-refractivity contribution in [3.63, 3.8) is 0 Å². The van der Waals surface area contributed by atoms with Gasteiger partial charge < -0.3 is 19.3 Å². The monoisotopic (exact) mass is 354 g/mol. The summed E-state index contributed by atoms with van der Waals surface area (Å²) in [6, 6.07) is 7.68. The molecule has 0 saturated carbocycles. The first-order chi connectivity index (χ1) is 12.6. The lowest BCUT2D eigenvalue weighted by Crippen LogP contribution is -2.70. The maximum atomic E-state index is 13.0. The van der Waals surface area contributed by atoms with Gasteiger partial charge in [0, 0.05) is 24.8 Å².